The first kappa shape index (κ1) is 18.5. The summed E-state index contributed by atoms with van der Waals surface area (Å²) in [4.78, 5) is 23.3. The summed E-state index contributed by atoms with van der Waals surface area (Å²) in [5.41, 5.74) is 0.673. The number of hydrogen-bond acceptors (Lipinski definition) is 6. The zero-order valence-electron chi connectivity index (χ0n) is 13.9. The van der Waals surface area contributed by atoms with Crippen LogP contribution in [0.25, 0.3) is 0 Å². The van der Waals surface area contributed by atoms with Crippen LogP contribution in [0.4, 0.5) is 17.2 Å². The zero-order valence-corrected chi connectivity index (χ0v) is 14.8. The highest BCUT2D eigenvalue weighted by Crippen LogP contribution is 2.22. The largest absolute Gasteiger partial charge is 0.360 e. The number of rotatable bonds is 6. The van der Waals surface area contributed by atoms with E-state index in [-0.39, 0.29) is 17.4 Å². The van der Waals surface area contributed by atoms with Gasteiger partial charge in [-0.15, -0.1) is 0 Å². The van der Waals surface area contributed by atoms with Crippen LogP contribution >= 0.6 is 0 Å². The quantitative estimate of drug-likeness (QED) is 0.796. The van der Waals surface area contributed by atoms with Crippen LogP contribution in [-0.4, -0.2) is 38.2 Å². The Labute approximate surface area is 145 Å². The summed E-state index contributed by atoms with van der Waals surface area (Å²) < 4.78 is 29.9. The normalized spacial score (nSPS) is 11.0. The SMILES string of the molecule is CC(=O)Nc1cccc(N(CC(=O)Nc2cc(C)on2)S(C)(=O)=O)c1. The Morgan fingerprint density at radius 1 is 1.24 bits per heavy atom. The molecule has 2 amide bonds. The van der Waals surface area contributed by atoms with E-state index >= 15 is 0 Å². The summed E-state index contributed by atoms with van der Waals surface area (Å²) in [6.45, 7) is 2.56. The first-order valence-electron chi connectivity index (χ1n) is 7.23. The summed E-state index contributed by atoms with van der Waals surface area (Å²) in [5, 5.41) is 8.65. The standard InChI is InChI=1S/C15H18N4O5S/c1-10-7-14(18-24-10)17-15(21)9-19(25(3,22)23)13-6-4-5-12(8-13)16-11(2)20/h4-8H,9H2,1-3H3,(H,16,20)(H,17,18,21). The molecule has 25 heavy (non-hydrogen) atoms. The Kier molecular flexibility index (Phi) is 5.42. The second kappa shape index (κ2) is 7.34. The topological polar surface area (TPSA) is 122 Å². The summed E-state index contributed by atoms with van der Waals surface area (Å²) >= 11 is 0. The van der Waals surface area contributed by atoms with E-state index in [2.05, 4.69) is 15.8 Å². The molecule has 9 nitrogen and oxygen atoms in total. The lowest BCUT2D eigenvalue weighted by Crippen LogP contribution is -2.37. The van der Waals surface area contributed by atoms with E-state index in [1.165, 1.54) is 25.1 Å². The molecule has 0 atom stereocenters. The number of carbonyl (C=O) groups is 2. The molecule has 0 spiro atoms. The van der Waals surface area contributed by atoms with Gasteiger partial charge in [0.05, 0.1) is 11.9 Å². The summed E-state index contributed by atoms with van der Waals surface area (Å²) in [5.74, 6) is -0.160. The fraction of sp³-hybridized carbons (Fsp3) is 0.267. The summed E-state index contributed by atoms with van der Waals surface area (Å²) in [6, 6.07) is 7.71. The third kappa shape index (κ3) is 5.31. The van der Waals surface area contributed by atoms with Gasteiger partial charge in [-0.2, -0.15) is 0 Å². The van der Waals surface area contributed by atoms with Gasteiger partial charge in [-0.1, -0.05) is 11.2 Å². The molecule has 0 saturated heterocycles. The van der Waals surface area contributed by atoms with Crippen LogP contribution in [0.1, 0.15) is 12.7 Å². The Morgan fingerprint density at radius 3 is 2.52 bits per heavy atom. The monoisotopic (exact) mass is 366 g/mol. The predicted molar refractivity (Wildman–Crippen MR) is 92.8 cm³/mol. The Hall–Kier alpha value is -2.88. The molecule has 2 N–H and O–H groups in total. The Morgan fingerprint density at radius 2 is 1.96 bits per heavy atom. The van der Waals surface area contributed by atoms with Crippen molar-refractivity contribution in [3.05, 3.63) is 36.1 Å². The number of hydrogen-bond donors (Lipinski definition) is 2. The van der Waals surface area contributed by atoms with Crippen LogP contribution in [0, 0.1) is 6.92 Å². The van der Waals surface area contributed by atoms with Gasteiger partial charge >= 0.3 is 0 Å². The summed E-state index contributed by atoms with van der Waals surface area (Å²) in [6.07, 6.45) is 0.992. The molecular formula is C15H18N4O5S. The smallest absolute Gasteiger partial charge is 0.246 e. The number of aromatic nitrogens is 1. The second-order valence-electron chi connectivity index (χ2n) is 5.37. The van der Waals surface area contributed by atoms with E-state index in [9.17, 15) is 18.0 Å². The Balaban J connectivity index is 2.22. The minimum atomic E-state index is -3.73. The maximum atomic E-state index is 12.1. The lowest BCUT2D eigenvalue weighted by Gasteiger charge is -2.22. The molecule has 0 aliphatic carbocycles. The van der Waals surface area contributed by atoms with Gasteiger partial charge in [0.15, 0.2) is 5.82 Å². The number of amides is 2. The van der Waals surface area contributed by atoms with E-state index in [4.69, 9.17) is 4.52 Å². The number of anilines is 3. The molecule has 134 valence electrons. The van der Waals surface area contributed by atoms with E-state index in [1.807, 2.05) is 0 Å². The van der Waals surface area contributed by atoms with Crippen molar-refractivity contribution in [2.75, 3.05) is 27.7 Å². The highest BCUT2D eigenvalue weighted by atomic mass is 32.2. The van der Waals surface area contributed by atoms with Crippen LogP contribution in [0.15, 0.2) is 34.9 Å². The lowest BCUT2D eigenvalue weighted by molar-refractivity contribution is -0.115. The van der Waals surface area contributed by atoms with Crippen LogP contribution < -0.4 is 14.9 Å². The first-order chi connectivity index (χ1) is 11.6. The number of carbonyl (C=O) groups excluding carboxylic acids is 2. The van der Waals surface area contributed by atoms with Gasteiger partial charge < -0.3 is 15.2 Å². The van der Waals surface area contributed by atoms with Gasteiger partial charge in [-0.05, 0) is 25.1 Å². The molecule has 0 saturated carbocycles. The average Bonchev–Trinajstić information content (AvgIpc) is 2.88. The van der Waals surface area contributed by atoms with E-state index in [0.29, 0.717) is 11.4 Å². The van der Waals surface area contributed by atoms with E-state index in [0.717, 1.165) is 10.6 Å². The van der Waals surface area contributed by atoms with Crippen LogP contribution in [0.3, 0.4) is 0 Å². The van der Waals surface area contributed by atoms with Crippen molar-refractivity contribution >= 4 is 39.0 Å². The van der Waals surface area contributed by atoms with Gasteiger partial charge in [0.25, 0.3) is 0 Å². The predicted octanol–water partition coefficient (Wildman–Crippen LogP) is 1.35. The van der Waals surface area contributed by atoms with Crippen LogP contribution in [0.5, 0.6) is 0 Å². The molecule has 0 radical (unpaired) electrons. The van der Waals surface area contributed by atoms with Crippen molar-refractivity contribution in [3.8, 4) is 0 Å². The number of nitrogens with one attached hydrogen (secondary N) is 2. The third-order valence-electron chi connectivity index (χ3n) is 3.04. The first-order valence-corrected chi connectivity index (χ1v) is 9.08. The van der Waals surface area contributed by atoms with Gasteiger partial charge in [-0.25, -0.2) is 8.42 Å². The van der Waals surface area contributed by atoms with E-state index < -0.39 is 22.5 Å². The second-order valence-corrected chi connectivity index (χ2v) is 7.28. The van der Waals surface area contributed by atoms with Crippen LogP contribution in [0.2, 0.25) is 0 Å². The molecule has 0 unspecified atom stereocenters. The van der Waals surface area contributed by atoms with Crippen molar-refractivity contribution in [1.82, 2.24) is 5.16 Å². The van der Waals surface area contributed by atoms with Crippen molar-refractivity contribution in [3.63, 3.8) is 0 Å². The molecule has 10 heteroatoms. The van der Waals surface area contributed by atoms with Gasteiger partial charge in [-0.3, -0.25) is 13.9 Å². The maximum Gasteiger partial charge on any atom is 0.246 e. The van der Waals surface area contributed by atoms with Crippen molar-refractivity contribution in [2.24, 2.45) is 0 Å². The number of aryl methyl sites for hydroxylation is 1. The molecule has 1 aromatic heterocycles. The number of nitrogens with zero attached hydrogens (tertiary/aromatic N) is 2. The molecule has 0 bridgehead atoms. The number of sulfonamides is 1. The average molecular weight is 366 g/mol. The lowest BCUT2D eigenvalue weighted by atomic mass is 10.2. The zero-order chi connectivity index (χ0) is 18.6. The number of benzene rings is 1. The molecule has 1 aromatic carbocycles. The molecule has 0 fully saturated rings. The van der Waals surface area contributed by atoms with Gasteiger partial charge in [0, 0.05) is 18.7 Å². The van der Waals surface area contributed by atoms with Crippen molar-refractivity contribution < 1.29 is 22.5 Å². The molecule has 2 rings (SSSR count). The minimum absolute atomic E-state index is 0.197. The Bertz CT molecular complexity index is 891. The molecular weight excluding hydrogens is 348 g/mol. The fourth-order valence-electron chi connectivity index (χ4n) is 2.08. The van der Waals surface area contributed by atoms with Crippen molar-refractivity contribution in [1.29, 1.82) is 0 Å². The third-order valence-corrected chi connectivity index (χ3v) is 4.18. The molecule has 0 aliphatic rings. The molecule has 2 aromatic rings. The highest BCUT2D eigenvalue weighted by molar-refractivity contribution is 7.92. The van der Waals surface area contributed by atoms with Crippen molar-refractivity contribution in [2.45, 2.75) is 13.8 Å². The summed E-state index contributed by atoms with van der Waals surface area (Å²) in [7, 11) is -3.73. The van der Waals surface area contributed by atoms with Gasteiger partial charge in [0.2, 0.25) is 21.8 Å². The molecule has 0 aliphatic heterocycles. The molecule has 1 heterocycles. The highest BCUT2D eigenvalue weighted by Gasteiger charge is 2.21. The van der Waals surface area contributed by atoms with Crippen LogP contribution in [-0.2, 0) is 19.6 Å². The fourth-order valence-corrected chi connectivity index (χ4v) is 2.93. The van der Waals surface area contributed by atoms with E-state index in [1.54, 1.807) is 19.1 Å². The minimum Gasteiger partial charge on any atom is -0.360 e. The van der Waals surface area contributed by atoms with Gasteiger partial charge in [0.1, 0.15) is 12.3 Å². The maximum absolute atomic E-state index is 12.1.